The highest BCUT2D eigenvalue weighted by Gasteiger charge is 2.31. The molecule has 1 amide bonds. The summed E-state index contributed by atoms with van der Waals surface area (Å²) in [5.41, 5.74) is -0.00671. The largest absolute Gasteiger partial charge is 0.392 e. The maximum atomic E-state index is 14.1. The number of hydrogen-bond donors (Lipinski definition) is 2. The monoisotopic (exact) mass is 284 g/mol. The van der Waals surface area contributed by atoms with E-state index in [1.165, 1.54) is 11.9 Å². The Morgan fingerprint density at radius 3 is 2.60 bits per heavy atom. The van der Waals surface area contributed by atoms with Gasteiger partial charge in [-0.3, -0.25) is 4.79 Å². The number of aliphatic hydroxyl groups excluding tert-OH is 1. The molecule has 0 bridgehead atoms. The lowest BCUT2D eigenvalue weighted by atomic mass is 9.99. The van der Waals surface area contributed by atoms with Gasteiger partial charge >= 0.3 is 0 Å². The average Bonchev–Trinajstić information content (AvgIpc) is 2.46. The van der Waals surface area contributed by atoms with Gasteiger partial charge in [0.05, 0.1) is 6.61 Å². The number of carbonyl (C=O) groups is 1. The fraction of sp³-hybridized carbons (Fsp3) is 0.500. The van der Waals surface area contributed by atoms with E-state index >= 15 is 0 Å². The number of likely N-dealkylation sites (N-methyl/N-ethyl adjacent to an activating group) is 1. The van der Waals surface area contributed by atoms with Gasteiger partial charge in [-0.25, -0.2) is 8.78 Å². The van der Waals surface area contributed by atoms with Gasteiger partial charge in [-0.15, -0.1) is 0 Å². The number of nitrogens with zero attached hydrogens (tertiary/aromatic N) is 1. The summed E-state index contributed by atoms with van der Waals surface area (Å²) in [5, 5.41) is 11.5. The first-order valence-corrected chi connectivity index (χ1v) is 6.65. The Morgan fingerprint density at radius 2 is 2.05 bits per heavy atom. The van der Waals surface area contributed by atoms with Crippen LogP contribution in [0.1, 0.15) is 24.8 Å². The third-order valence-electron chi connectivity index (χ3n) is 3.60. The van der Waals surface area contributed by atoms with Crippen LogP contribution >= 0.6 is 0 Å². The summed E-state index contributed by atoms with van der Waals surface area (Å²) in [7, 11) is 1.51. The van der Waals surface area contributed by atoms with Crippen LogP contribution in [0.5, 0.6) is 0 Å². The molecule has 2 rings (SSSR count). The second-order valence-electron chi connectivity index (χ2n) is 4.89. The van der Waals surface area contributed by atoms with Crippen molar-refractivity contribution in [1.29, 1.82) is 0 Å². The summed E-state index contributed by atoms with van der Waals surface area (Å²) in [6.45, 7) is 0.0113. The van der Waals surface area contributed by atoms with Crippen LogP contribution in [0.2, 0.25) is 0 Å². The number of anilines is 1. The first-order valence-electron chi connectivity index (χ1n) is 6.65. The van der Waals surface area contributed by atoms with E-state index < -0.39 is 24.3 Å². The predicted molar refractivity (Wildman–Crippen MR) is 71.3 cm³/mol. The molecule has 110 valence electrons. The Hall–Kier alpha value is -1.69. The smallest absolute Gasteiger partial charge is 0.242 e. The molecule has 1 aliphatic heterocycles. The zero-order valence-corrected chi connectivity index (χ0v) is 11.3. The van der Waals surface area contributed by atoms with E-state index in [0.29, 0.717) is 13.0 Å². The van der Waals surface area contributed by atoms with Gasteiger partial charge < -0.3 is 15.3 Å². The van der Waals surface area contributed by atoms with Crippen molar-refractivity contribution in [2.24, 2.45) is 0 Å². The van der Waals surface area contributed by atoms with Gasteiger partial charge in [-0.2, -0.15) is 0 Å². The molecule has 1 atom stereocenters. The zero-order valence-electron chi connectivity index (χ0n) is 11.3. The van der Waals surface area contributed by atoms with Crippen molar-refractivity contribution in [3.8, 4) is 0 Å². The molecule has 2 N–H and O–H groups in total. The highest BCUT2D eigenvalue weighted by molar-refractivity contribution is 5.85. The summed E-state index contributed by atoms with van der Waals surface area (Å²) >= 11 is 0. The van der Waals surface area contributed by atoms with E-state index in [2.05, 4.69) is 5.32 Å². The number of amides is 1. The van der Waals surface area contributed by atoms with Gasteiger partial charge in [-0.05, 0) is 37.0 Å². The van der Waals surface area contributed by atoms with E-state index in [1.54, 1.807) is 0 Å². The number of piperidine rings is 1. The Kier molecular flexibility index (Phi) is 4.54. The van der Waals surface area contributed by atoms with Crippen LogP contribution in [-0.4, -0.2) is 30.6 Å². The van der Waals surface area contributed by atoms with E-state index in [1.807, 2.05) is 0 Å². The van der Waals surface area contributed by atoms with Crippen LogP contribution in [0.15, 0.2) is 12.1 Å². The second kappa shape index (κ2) is 6.17. The van der Waals surface area contributed by atoms with Gasteiger partial charge in [0.1, 0.15) is 23.4 Å². The van der Waals surface area contributed by atoms with Gasteiger partial charge in [0.2, 0.25) is 5.91 Å². The van der Waals surface area contributed by atoms with Crippen molar-refractivity contribution in [3.63, 3.8) is 0 Å². The lowest BCUT2D eigenvalue weighted by Gasteiger charge is -2.36. The molecule has 0 radical (unpaired) electrons. The molecule has 1 aromatic carbocycles. The van der Waals surface area contributed by atoms with Crippen molar-refractivity contribution in [1.82, 2.24) is 5.32 Å². The Morgan fingerprint density at radius 1 is 1.40 bits per heavy atom. The predicted octanol–water partition coefficient (Wildman–Crippen LogP) is 1.56. The molecular formula is C14H18F2N2O2. The topological polar surface area (TPSA) is 52.6 Å². The van der Waals surface area contributed by atoms with Crippen LogP contribution in [0, 0.1) is 11.6 Å². The number of carbonyl (C=O) groups excluding carboxylic acids is 1. The van der Waals surface area contributed by atoms with Gasteiger partial charge in [0, 0.05) is 13.6 Å². The molecule has 0 spiro atoms. The van der Waals surface area contributed by atoms with Gasteiger partial charge in [0.15, 0.2) is 0 Å². The highest BCUT2D eigenvalue weighted by atomic mass is 19.1. The molecular weight excluding hydrogens is 266 g/mol. The number of rotatable bonds is 3. The maximum Gasteiger partial charge on any atom is 0.242 e. The van der Waals surface area contributed by atoms with E-state index in [-0.39, 0.29) is 17.2 Å². The molecule has 1 unspecified atom stereocenters. The van der Waals surface area contributed by atoms with Crippen molar-refractivity contribution in [3.05, 3.63) is 29.3 Å². The van der Waals surface area contributed by atoms with Gasteiger partial charge in [0.25, 0.3) is 0 Å². The molecule has 0 saturated carbocycles. The highest BCUT2D eigenvalue weighted by Crippen LogP contribution is 2.30. The van der Waals surface area contributed by atoms with Crippen molar-refractivity contribution in [2.75, 3.05) is 18.5 Å². The molecule has 1 heterocycles. The summed E-state index contributed by atoms with van der Waals surface area (Å²) in [4.78, 5) is 13.3. The van der Waals surface area contributed by atoms with E-state index in [9.17, 15) is 13.6 Å². The first-order chi connectivity index (χ1) is 9.58. The Bertz CT molecular complexity index is 485. The Balaban J connectivity index is 2.40. The molecule has 1 aromatic rings. The minimum absolute atomic E-state index is 0.178. The standard InChI is InChI=1S/C14H18F2N2O2/c1-17-14(20)12-4-2-3-5-18(12)13-10(15)6-9(8-19)7-11(13)16/h6-7,12,19H,2-5,8H2,1H3,(H,17,20). The lowest BCUT2D eigenvalue weighted by molar-refractivity contribution is -0.122. The van der Waals surface area contributed by atoms with Crippen LogP contribution in [0.25, 0.3) is 0 Å². The molecule has 1 fully saturated rings. The first kappa shape index (κ1) is 14.7. The summed E-state index contributed by atoms with van der Waals surface area (Å²) in [5.74, 6) is -1.73. The van der Waals surface area contributed by atoms with E-state index in [0.717, 1.165) is 25.0 Å². The molecule has 1 aliphatic rings. The fourth-order valence-corrected chi connectivity index (χ4v) is 2.62. The molecule has 20 heavy (non-hydrogen) atoms. The second-order valence-corrected chi connectivity index (χ2v) is 4.89. The summed E-state index contributed by atoms with van der Waals surface area (Å²) in [6, 6.07) is 1.65. The molecule has 1 saturated heterocycles. The SMILES string of the molecule is CNC(=O)C1CCCCN1c1c(F)cc(CO)cc1F. The Labute approximate surface area is 116 Å². The molecule has 4 nitrogen and oxygen atoms in total. The maximum absolute atomic E-state index is 14.1. The van der Waals surface area contributed by atoms with Crippen LogP contribution in [0.4, 0.5) is 14.5 Å². The normalized spacial score (nSPS) is 19.0. The van der Waals surface area contributed by atoms with Gasteiger partial charge in [-0.1, -0.05) is 0 Å². The summed E-state index contributed by atoms with van der Waals surface area (Å²) in [6.07, 6.45) is 2.21. The van der Waals surface area contributed by atoms with Crippen LogP contribution < -0.4 is 10.2 Å². The average molecular weight is 284 g/mol. The number of aliphatic hydroxyl groups is 1. The van der Waals surface area contributed by atoms with Crippen molar-refractivity contribution in [2.45, 2.75) is 31.9 Å². The number of hydrogen-bond acceptors (Lipinski definition) is 3. The number of halogens is 2. The molecule has 0 aliphatic carbocycles. The third kappa shape index (κ3) is 2.75. The minimum atomic E-state index is -0.746. The molecule has 6 heteroatoms. The van der Waals surface area contributed by atoms with Crippen LogP contribution in [-0.2, 0) is 11.4 Å². The lowest BCUT2D eigenvalue weighted by Crippen LogP contribution is -2.49. The minimum Gasteiger partial charge on any atom is -0.392 e. The zero-order chi connectivity index (χ0) is 14.7. The third-order valence-corrected chi connectivity index (χ3v) is 3.60. The number of nitrogens with one attached hydrogen (secondary N) is 1. The van der Waals surface area contributed by atoms with E-state index in [4.69, 9.17) is 5.11 Å². The van der Waals surface area contributed by atoms with Crippen molar-refractivity contribution >= 4 is 11.6 Å². The van der Waals surface area contributed by atoms with Crippen molar-refractivity contribution < 1.29 is 18.7 Å². The molecule has 0 aromatic heterocycles. The quantitative estimate of drug-likeness (QED) is 0.885. The fourth-order valence-electron chi connectivity index (χ4n) is 2.62. The summed E-state index contributed by atoms with van der Waals surface area (Å²) < 4.78 is 28.2. The van der Waals surface area contributed by atoms with Crippen LogP contribution in [0.3, 0.4) is 0 Å². The number of benzene rings is 1.